The molecule has 1 fully saturated rings. The van der Waals surface area contributed by atoms with E-state index in [1.54, 1.807) is 0 Å². The second kappa shape index (κ2) is 5.90. The number of anilines is 1. The quantitative estimate of drug-likeness (QED) is 0.823. The molecule has 1 saturated carbocycles. The highest BCUT2D eigenvalue weighted by Gasteiger charge is 2.22. The first-order chi connectivity index (χ1) is 7.92. The minimum absolute atomic E-state index is 0.744. The lowest BCUT2D eigenvalue weighted by Crippen LogP contribution is -2.35. The van der Waals surface area contributed by atoms with Gasteiger partial charge in [0.2, 0.25) is 0 Å². The molecular formula is C14H22N2. The summed E-state index contributed by atoms with van der Waals surface area (Å²) in [5, 5.41) is 0. The predicted octanol–water partition coefficient (Wildman–Crippen LogP) is 2.78. The molecule has 88 valence electrons. The van der Waals surface area contributed by atoms with Gasteiger partial charge in [0.1, 0.15) is 0 Å². The monoisotopic (exact) mass is 218 g/mol. The van der Waals surface area contributed by atoms with Gasteiger partial charge in [-0.1, -0.05) is 31.0 Å². The number of hydrogen-bond donors (Lipinski definition) is 1. The van der Waals surface area contributed by atoms with Crippen molar-refractivity contribution in [3.63, 3.8) is 0 Å². The topological polar surface area (TPSA) is 29.3 Å². The smallest absolute Gasteiger partial charge is 0.0368 e. The second-order valence-electron chi connectivity index (χ2n) is 4.61. The summed E-state index contributed by atoms with van der Waals surface area (Å²) < 4.78 is 0. The van der Waals surface area contributed by atoms with E-state index in [1.807, 2.05) is 0 Å². The zero-order valence-electron chi connectivity index (χ0n) is 9.94. The first-order valence-corrected chi connectivity index (χ1v) is 6.43. The number of hydrogen-bond acceptors (Lipinski definition) is 2. The maximum Gasteiger partial charge on any atom is 0.0368 e. The lowest BCUT2D eigenvalue weighted by atomic mass is 10.1. The fourth-order valence-corrected chi connectivity index (χ4v) is 2.62. The molecule has 1 aromatic carbocycles. The minimum Gasteiger partial charge on any atom is -0.369 e. The van der Waals surface area contributed by atoms with Crippen LogP contribution in [0.4, 0.5) is 5.69 Å². The van der Waals surface area contributed by atoms with Crippen LogP contribution in [0, 0.1) is 0 Å². The summed E-state index contributed by atoms with van der Waals surface area (Å²) in [4.78, 5) is 2.56. The molecule has 0 spiro atoms. The van der Waals surface area contributed by atoms with Crippen LogP contribution in [0.15, 0.2) is 30.3 Å². The molecule has 0 bridgehead atoms. The molecule has 0 heterocycles. The zero-order chi connectivity index (χ0) is 11.2. The van der Waals surface area contributed by atoms with Crippen LogP contribution in [-0.2, 0) is 0 Å². The Morgan fingerprint density at radius 1 is 1.12 bits per heavy atom. The molecule has 0 unspecified atom stereocenters. The summed E-state index contributed by atoms with van der Waals surface area (Å²) in [6.07, 6.45) is 6.55. The lowest BCUT2D eigenvalue weighted by Gasteiger charge is -2.31. The van der Waals surface area contributed by atoms with Crippen molar-refractivity contribution >= 4 is 5.69 Å². The van der Waals surface area contributed by atoms with E-state index in [1.165, 1.54) is 31.4 Å². The maximum atomic E-state index is 5.63. The molecule has 2 nitrogen and oxygen atoms in total. The predicted molar refractivity (Wildman–Crippen MR) is 69.7 cm³/mol. The summed E-state index contributed by atoms with van der Waals surface area (Å²) in [6.45, 7) is 1.89. The third-order valence-electron chi connectivity index (χ3n) is 3.46. The molecule has 16 heavy (non-hydrogen) atoms. The van der Waals surface area contributed by atoms with E-state index < -0.39 is 0 Å². The van der Waals surface area contributed by atoms with Crippen LogP contribution in [-0.4, -0.2) is 19.1 Å². The first-order valence-electron chi connectivity index (χ1n) is 6.43. The van der Waals surface area contributed by atoms with Crippen molar-refractivity contribution in [3.8, 4) is 0 Å². The normalized spacial score (nSPS) is 16.6. The van der Waals surface area contributed by atoms with Gasteiger partial charge in [0, 0.05) is 18.3 Å². The Bertz CT molecular complexity index is 291. The van der Waals surface area contributed by atoms with Gasteiger partial charge < -0.3 is 10.6 Å². The average molecular weight is 218 g/mol. The number of benzene rings is 1. The summed E-state index contributed by atoms with van der Waals surface area (Å²) >= 11 is 0. The van der Waals surface area contributed by atoms with E-state index in [2.05, 4.69) is 35.2 Å². The molecule has 0 aliphatic heterocycles. The molecule has 0 aromatic heterocycles. The number of nitrogens with zero attached hydrogens (tertiary/aromatic N) is 1. The molecule has 1 aromatic rings. The maximum absolute atomic E-state index is 5.63. The van der Waals surface area contributed by atoms with Crippen LogP contribution in [0.2, 0.25) is 0 Å². The number of rotatable bonds is 5. The summed E-state index contributed by atoms with van der Waals surface area (Å²) in [6, 6.07) is 11.5. The van der Waals surface area contributed by atoms with Crippen LogP contribution in [0.1, 0.15) is 32.1 Å². The van der Waals surface area contributed by atoms with Crippen LogP contribution in [0.25, 0.3) is 0 Å². The van der Waals surface area contributed by atoms with Gasteiger partial charge in [0.15, 0.2) is 0 Å². The van der Waals surface area contributed by atoms with Gasteiger partial charge in [0.05, 0.1) is 0 Å². The molecule has 2 heteroatoms. The van der Waals surface area contributed by atoms with Gasteiger partial charge >= 0.3 is 0 Å². The van der Waals surface area contributed by atoms with Crippen molar-refractivity contribution in [2.75, 3.05) is 18.0 Å². The molecule has 1 aliphatic carbocycles. The summed E-state index contributed by atoms with van der Waals surface area (Å²) in [5.41, 5.74) is 6.99. The van der Waals surface area contributed by atoms with Gasteiger partial charge in [-0.3, -0.25) is 0 Å². The number of para-hydroxylation sites is 1. The molecule has 1 aliphatic rings. The van der Waals surface area contributed by atoms with Crippen molar-refractivity contribution in [1.29, 1.82) is 0 Å². The SMILES string of the molecule is NCCCN(c1ccccc1)C1CCCC1. The molecule has 2 rings (SSSR count). The third kappa shape index (κ3) is 2.76. The fraction of sp³-hybridized carbons (Fsp3) is 0.571. The van der Waals surface area contributed by atoms with Crippen molar-refractivity contribution in [3.05, 3.63) is 30.3 Å². The van der Waals surface area contributed by atoms with Crippen molar-refractivity contribution in [1.82, 2.24) is 0 Å². The fourth-order valence-electron chi connectivity index (χ4n) is 2.62. The van der Waals surface area contributed by atoms with E-state index in [0.717, 1.165) is 25.6 Å². The Morgan fingerprint density at radius 2 is 1.81 bits per heavy atom. The molecule has 0 amide bonds. The van der Waals surface area contributed by atoms with Crippen LogP contribution < -0.4 is 10.6 Å². The average Bonchev–Trinajstić information content (AvgIpc) is 2.85. The van der Waals surface area contributed by atoms with Gasteiger partial charge in [0.25, 0.3) is 0 Å². The van der Waals surface area contributed by atoms with E-state index >= 15 is 0 Å². The van der Waals surface area contributed by atoms with Crippen LogP contribution in [0.3, 0.4) is 0 Å². The zero-order valence-corrected chi connectivity index (χ0v) is 9.94. The Labute approximate surface area is 98.4 Å². The Balaban J connectivity index is 2.07. The van der Waals surface area contributed by atoms with Gasteiger partial charge in [-0.15, -0.1) is 0 Å². The molecular weight excluding hydrogens is 196 g/mol. The van der Waals surface area contributed by atoms with E-state index in [9.17, 15) is 0 Å². The Kier molecular flexibility index (Phi) is 4.23. The third-order valence-corrected chi connectivity index (χ3v) is 3.46. The highest BCUT2D eigenvalue weighted by molar-refractivity contribution is 5.47. The number of nitrogens with two attached hydrogens (primary N) is 1. The minimum atomic E-state index is 0.744. The molecule has 0 atom stereocenters. The molecule has 0 saturated heterocycles. The molecule has 0 radical (unpaired) electrons. The summed E-state index contributed by atoms with van der Waals surface area (Å²) in [5.74, 6) is 0. The van der Waals surface area contributed by atoms with Crippen molar-refractivity contribution < 1.29 is 0 Å². The first kappa shape index (κ1) is 11.5. The Hall–Kier alpha value is -1.02. The standard InChI is InChI=1S/C14H22N2/c15-11-6-12-16(14-9-4-5-10-14)13-7-2-1-3-8-13/h1-3,7-8,14H,4-6,9-12,15H2. The summed E-state index contributed by atoms with van der Waals surface area (Å²) in [7, 11) is 0. The van der Waals surface area contributed by atoms with Crippen LogP contribution >= 0.6 is 0 Å². The second-order valence-corrected chi connectivity index (χ2v) is 4.61. The van der Waals surface area contributed by atoms with Crippen molar-refractivity contribution in [2.24, 2.45) is 5.73 Å². The van der Waals surface area contributed by atoms with Gasteiger partial charge in [-0.2, -0.15) is 0 Å². The largest absolute Gasteiger partial charge is 0.369 e. The van der Waals surface area contributed by atoms with E-state index in [-0.39, 0.29) is 0 Å². The van der Waals surface area contributed by atoms with Gasteiger partial charge in [-0.05, 0) is 37.9 Å². The molecule has 2 N–H and O–H groups in total. The van der Waals surface area contributed by atoms with E-state index in [4.69, 9.17) is 5.73 Å². The van der Waals surface area contributed by atoms with Crippen molar-refractivity contribution in [2.45, 2.75) is 38.1 Å². The lowest BCUT2D eigenvalue weighted by molar-refractivity contribution is 0.593. The van der Waals surface area contributed by atoms with E-state index in [0.29, 0.717) is 0 Å². The highest BCUT2D eigenvalue weighted by Crippen LogP contribution is 2.28. The van der Waals surface area contributed by atoms with Gasteiger partial charge in [-0.25, -0.2) is 0 Å². The Morgan fingerprint density at radius 3 is 2.44 bits per heavy atom. The van der Waals surface area contributed by atoms with Crippen LogP contribution in [0.5, 0.6) is 0 Å². The highest BCUT2D eigenvalue weighted by atomic mass is 15.2.